The minimum absolute atomic E-state index is 1.07. The van der Waals surface area contributed by atoms with E-state index in [-0.39, 0.29) is 0 Å². The lowest BCUT2D eigenvalue weighted by molar-refractivity contribution is 0.534. The molecule has 4 nitrogen and oxygen atoms in total. The molecule has 4 N–H and O–H groups in total. The van der Waals surface area contributed by atoms with E-state index < -0.39 is 0 Å². The fraction of sp³-hybridized carbons (Fsp3) is 1.00. The average Bonchev–Trinajstić information content (AvgIpc) is 2.61. The Morgan fingerprint density at radius 2 is 0.560 bits per heavy atom. The minimum atomic E-state index is 1.07. The fourth-order valence-electron chi connectivity index (χ4n) is 2.94. The summed E-state index contributed by atoms with van der Waals surface area (Å²) in [6, 6.07) is 0. The monoisotopic (exact) mass is 356 g/mol. The molecule has 0 amide bonds. The second-order valence-electron chi connectivity index (χ2n) is 7.18. The predicted octanol–water partition coefficient (Wildman–Crippen LogP) is 3.68. The molecule has 1 aliphatic rings. The molecule has 25 heavy (non-hydrogen) atoms. The van der Waals surface area contributed by atoms with E-state index in [1.54, 1.807) is 0 Å². The summed E-state index contributed by atoms with van der Waals surface area (Å²) < 4.78 is 0. The molecule has 1 heterocycles. The third kappa shape index (κ3) is 23.8. The molecule has 0 aromatic rings. The van der Waals surface area contributed by atoms with Gasteiger partial charge in [0, 0.05) is 52.4 Å². The highest BCUT2D eigenvalue weighted by Crippen LogP contribution is 2.10. The first-order chi connectivity index (χ1) is 12.4. The van der Waals surface area contributed by atoms with Gasteiger partial charge in [0.25, 0.3) is 0 Å². The van der Waals surface area contributed by atoms with Gasteiger partial charge in [0.15, 0.2) is 0 Å². The molecular weight excluding hydrogens is 308 g/mol. The van der Waals surface area contributed by atoms with Crippen molar-refractivity contribution in [3.8, 4) is 0 Å². The molecule has 4 heteroatoms. The van der Waals surface area contributed by atoms with E-state index in [0.29, 0.717) is 0 Å². The lowest BCUT2D eigenvalue weighted by atomic mass is 10.1. The molecule has 0 spiro atoms. The Morgan fingerprint density at radius 1 is 0.360 bits per heavy atom. The van der Waals surface area contributed by atoms with Crippen LogP contribution in [-0.4, -0.2) is 52.4 Å². The van der Waals surface area contributed by atoms with Crippen LogP contribution in [0, 0.1) is 0 Å². The lowest BCUT2D eigenvalue weighted by Crippen LogP contribution is -2.39. The van der Waals surface area contributed by atoms with Crippen molar-refractivity contribution in [2.24, 2.45) is 0 Å². The highest BCUT2D eigenvalue weighted by molar-refractivity contribution is 4.59. The summed E-state index contributed by atoms with van der Waals surface area (Å²) in [5, 5.41) is 13.4. The maximum absolute atomic E-state index is 3.36. The van der Waals surface area contributed by atoms with Gasteiger partial charge in [0.2, 0.25) is 0 Å². The number of nitrogens with one attached hydrogen (secondary N) is 4. The van der Waals surface area contributed by atoms with Gasteiger partial charge in [-0.2, -0.15) is 0 Å². The minimum Gasteiger partial charge on any atom is -0.314 e. The van der Waals surface area contributed by atoms with Crippen LogP contribution in [0.15, 0.2) is 0 Å². The quantitative estimate of drug-likeness (QED) is 0.451. The molecule has 1 aliphatic heterocycles. The van der Waals surface area contributed by atoms with E-state index in [4.69, 9.17) is 0 Å². The van der Waals surface area contributed by atoms with Crippen LogP contribution in [0.25, 0.3) is 0 Å². The van der Waals surface area contributed by atoms with Crippen LogP contribution in [0.2, 0.25) is 0 Å². The Labute approximate surface area is 158 Å². The van der Waals surface area contributed by atoms with Crippen LogP contribution >= 0.6 is 0 Å². The SMILES string of the molecule is C1CNCCNCCNCCN1.CCCCCCCCCCCCC. The highest BCUT2D eigenvalue weighted by atomic mass is 15.0. The van der Waals surface area contributed by atoms with Crippen molar-refractivity contribution in [1.82, 2.24) is 21.3 Å². The summed E-state index contributed by atoms with van der Waals surface area (Å²) in [6.07, 6.45) is 15.9. The zero-order valence-corrected chi connectivity index (χ0v) is 17.4. The normalized spacial score (nSPS) is 17.0. The number of unbranched alkanes of at least 4 members (excludes halogenated alkanes) is 10. The first kappa shape index (κ1) is 24.8. The maximum Gasteiger partial charge on any atom is 0.00772 e. The zero-order valence-electron chi connectivity index (χ0n) is 17.4. The summed E-state index contributed by atoms with van der Waals surface area (Å²) in [7, 11) is 0. The molecule has 152 valence electrons. The molecule has 1 rings (SSSR count). The number of rotatable bonds is 10. The topological polar surface area (TPSA) is 48.1 Å². The fourth-order valence-corrected chi connectivity index (χ4v) is 2.94. The standard InChI is InChI=1S/C13H28.C8H20N4/c1-3-5-7-9-11-13-12-10-8-6-4-2;1-2-10-5-6-12-8-7-11-4-3-9-1/h3-13H2,1-2H3;9-12H,1-8H2. The summed E-state index contributed by atoms with van der Waals surface area (Å²) >= 11 is 0. The lowest BCUT2D eigenvalue weighted by Gasteiger charge is -2.11. The molecule has 0 aliphatic carbocycles. The van der Waals surface area contributed by atoms with E-state index >= 15 is 0 Å². The van der Waals surface area contributed by atoms with E-state index in [9.17, 15) is 0 Å². The van der Waals surface area contributed by atoms with Gasteiger partial charge in [-0.3, -0.25) is 0 Å². The second-order valence-corrected chi connectivity index (χ2v) is 7.18. The van der Waals surface area contributed by atoms with Crippen molar-refractivity contribution in [1.29, 1.82) is 0 Å². The third-order valence-electron chi connectivity index (χ3n) is 4.62. The molecule has 1 fully saturated rings. The van der Waals surface area contributed by atoms with Crippen LogP contribution in [0.3, 0.4) is 0 Å². The maximum atomic E-state index is 3.36. The van der Waals surface area contributed by atoms with Crippen LogP contribution in [-0.2, 0) is 0 Å². The van der Waals surface area contributed by atoms with Gasteiger partial charge in [0.1, 0.15) is 0 Å². The van der Waals surface area contributed by atoms with Crippen LogP contribution in [0.4, 0.5) is 0 Å². The van der Waals surface area contributed by atoms with Gasteiger partial charge >= 0.3 is 0 Å². The Hall–Kier alpha value is -0.160. The molecule has 0 saturated carbocycles. The summed E-state index contributed by atoms with van der Waals surface area (Å²) in [5.74, 6) is 0. The van der Waals surface area contributed by atoms with Crippen molar-refractivity contribution < 1.29 is 0 Å². The Bertz CT molecular complexity index is 171. The Balaban J connectivity index is 0.000000462. The third-order valence-corrected chi connectivity index (χ3v) is 4.62. The van der Waals surface area contributed by atoms with Crippen molar-refractivity contribution >= 4 is 0 Å². The first-order valence-electron chi connectivity index (χ1n) is 11.2. The molecule has 0 bridgehead atoms. The van der Waals surface area contributed by atoms with Gasteiger partial charge in [-0.1, -0.05) is 84.5 Å². The van der Waals surface area contributed by atoms with Gasteiger partial charge in [-0.15, -0.1) is 0 Å². The van der Waals surface area contributed by atoms with Crippen molar-refractivity contribution in [2.75, 3.05) is 52.4 Å². The first-order valence-corrected chi connectivity index (χ1v) is 11.2. The van der Waals surface area contributed by atoms with Crippen LogP contribution in [0.1, 0.15) is 84.5 Å². The van der Waals surface area contributed by atoms with Gasteiger partial charge in [-0.25, -0.2) is 0 Å². The van der Waals surface area contributed by atoms with Gasteiger partial charge < -0.3 is 21.3 Å². The molecule has 0 radical (unpaired) electrons. The van der Waals surface area contributed by atoms with Crippen molar-refractivity contribution in [2.45, 2.75) is 84.5 Å². The van der Waals surface area contributed by atoms with E-state index in [2.05, 4.69) is 35.1 Å². The van der Waals surface area contributed by atoms with Crippen molar-refractivity contribution in [3.63, 3.8) is 0 Å². The van der Waals surface area contributed by atoms with E-state index in [1.807, 2.05) is 0 Å². The largest absolute Gasteiger partial charge is 0.314 e. The van der Waals surface area contributed by atoms with Gasteiger partial charge in [-0.05, 0) is 0 Å². The molecule has 0 aromatic heterocycles. The second kappa shape index (κ2) is 23.8. The van der Waals surface area contributed by atoms with E-state index in [1.165, 1.54) is 70.6 Å². The molecule has 0 atom stereocenters. The highest BCUT2D eigenvalue weighted by Gasteiger charge is 1.92. The van der Waals surface area contributed by atoms with Crippen LogP contribution in [0.5, 0.6) is 0 Å². The Morgan fingerprint density at radius 3 is 0.760 bits per heavy atom. The smallest absolute Gasteiger partial charge is 0.00772 e. The summed E-state index contributed by atoms with van der Waals surface area (Å²) in [5.41, 5.74) is 0. The number of hydrogen-bond donors (Lipinski definition) is 4. The zero-order chi connectivity index (χ0) is 18.3. The van der Waals surface area contributed by atoms with E-state index in [0.717, 1.165) is 52.4 Å². The molecule has 0 unspecified atom stereocenters. The molecule has 0 aromatic carbocycles. The van der Waals surface area contributed by atoms with Crippen molar-refractivity contribution in [3.05, 3.63) is 0 Å². The summed E-state index contributed by atoms with van der Waals surface area (Å²) in [4.78, 5) is 0. The molecule has 1 saturated heterocycles. The van der Waals surface area contributed by atoms with Gasteiger partial charge in [0.05, 0.1) is 0 Å². The summed E-state index contributed by atoms with van der Waals surface area (Å²) in [6.45, 7) is 13.1. The predicted molar refractivity (Wildman–Crippen MR) is 114 cm³/mol. The Kier molecular flexibility index (Phi) is 23.7. The average molecular weight is 357 g/mol. The molecular formula is C21H48N4. The number of hydrogen-bond acceptors (Lipinski definition) is 4. The van der Waals surface area contributed by atoms with Crippen LogP contribution < -0.4 is 21.3 Å².